The first-order chi connectivity index (χ1) is 9.19. The van der Waals surface area contributed by atoms with Crippen molar-refractivity contribution in [2.45, 2.75) is 38.5 Å². The first kappa shape index (κ1) is 14.1. The van der Waals surface area contributed by atoms with Crippen LogP contribution in [0.4, 0.5) is 0 Å². The summed E-state index contributed by atoms with van der Waals surface area (Å²) in [4.78, 5) is 12.4. The van der Waals surface area contributed by atoms with Crippen molar-refractivity contribution in [2.24, 2.45) is 22.2 Å². The standard InChI is InChI=1S/C13H23N3O3/c14-11(16-18)13(5-1-2-6-13)12(17)15-9-10-3-7-19-8-4-10/h10,18H,1-9H2,(H2,14,16)(H,15,17). The predicted molar refractivity (Wildman–Crippen MR) is 70.9 cm³/mol. The van der Waals surface area contributed by atoms with Crippen molar-refractivity contribution in [1.82, 2.24) is 5.32 Å². The molecule has 2 fully saturated rings. The van der Waals surface area contributed by atoms with Gasteiger partial charge in [-0.15, -0.1) is 0 Å². The minimum Gasteiger partial charge on any atom is -0.409 e. The molecule has 0 radical (unpaired) electrons. The second-order valence-corrected chi connectivity index (χ2v) is 5.54. The molecule has 2 rings (SSSR count). The van der Waals surface area contributed by atoms with E-state index in [1.165, 1.54) is 0 Å². The number of nitrogens with zero attached hydrogens (tertiary/aromatic N) is 1. The molecular formula is C13H23N3O3. The molecule has 4 N–H and O–H groups in total. The van der Waals surface area contributed by atoms with E-state index in [2.05, 4.69) is 10.5 Å². The third-order valence-electron chi connectivity index (χ3n) is 4.38. The maximum Gasteiger partial charge on any atom is 0.233 e. The van der Waals surface area contributed by atoms with Gasteiger partial charge in [0.25, 0.3) is 0 Å². The minimum absolute atomic E-state index is 0.0504. The smallest absolute Gasteiger partial charge is 0.233 e. The third-order valence-corrected chi connectivity index (χ3v) is 4.38. The van der Waals surface area contributed by atoms with Gasteiger partial charge in [-0.2, -0.15) is 0 Å². The number of amides is 1. The summed E-state index contributed by atoms with van der Waals surface area (Å²) in [7, 11) is 0. The third kappa shape index (κ3) is 3.00. The molecule has 2 aliphatic rings. The molecule has 19 heavy (non-hydrogen) atoms. The van der Waals surface area contributed by atoms with E-state index in [-0.39, 0.29) is 11.7 Å². The summed E-state index contributed by atoms with van der Waals surface area (Å²) in [5.41, 5.74) is 4.95. The molecule has 0 aromatic heterocycles. The lowest BCUT2D eigenvalue weighted by atomic mass is 9.83. The van der Waals surface area contributed by atoms with Gasteiger partial charge in [0, 0.05) is 19.8 Å². The Morgan fingerprint density at radius 1 is 1.37 bits per heavy atom. The van der Waals surface area contributed by atoms with Gasteiger partial charge in [-0.3, -0.25) is 4.79 Å². The Morgan fingerprint density at radius 3 is 2.58 bits per heavy atom. The van der Waals surface area contributed by atoms with Gasteiger partial charge in [0.05, 0.1) is 0 Å². The topological polar surface area (TPSA) is 96.9 Å². The fourth-order valence-corrected chi connectivity index (χ4v) is 3.03. The van der Waals surface area contributed by atoms with Crippen LogP contribution in [0.15, 0.2) is 5.16 Å². The van der Waals surface area contributed by atoms with E-state index >= 15 is 0 Å². The lowest BCUT2D eigenvalue weighted by Gasteiger charge is -2.28. The Hall–Kier alpha value is -1.30. The van der Waals surface area contributed by atoms with Crippen LogP contribution < -0.4 is 11.1 Å². The SMILES string of the molecule is NC(=NO)C1(C(=O)NCC2CCOCC2)CCCC1. The van der Waals surface area contributed by atoms with Gasteiger partial charge in [-0.25, -0.2) is 0 Å². The molecule has 108 valence electrons. The molecular weight excluding hydrogens is 246 g/mol. The number of nitrogens with one attached hydrogen (secondary N) is 1. The van der Waals surface area contributed by atoms with Crippen LogP contribution in [0, 0.1) is 11.3 Å². The summed E-state index contributed by atoms with van der Waals surface area (Å²) in [6, 6.07) is 0. The van der Waals surface area contributed by atoms with Gasteiger partial charge in [-0.05, 0) is 31.6 Å². The first-order valence-electron chi connectivity index (χ1n) is 7.03. The lowest BCUT2D eigenvalue weighted by molar-refractivity contribution is -0.127. The highest BCUT2D eigenvalue weighted by Gasteiger charge is 2.45. The monoisotopic (exact) mass is 269 g/mol. The molecule has 0 spiro atoms. The normalized spacial score (nSPS) is 24.3. The van der Waals surface area contributed by atoms with E-state index in [9.17, 15) is 4.79 Å². The largest absolute Gasteiger partial charge is 0.409 e. The number of ether oxygens (including phenoxy) is 1. The van der Waals surface area contributed by atoms with Crippen LogP contribution in [0.2, 0.25) is 0 Å². The zero-order valence-corrected chi connectivity index (χ0v) is 11.2. The van der Waals surface area contributed by atoms with Crippen molar-refractivity contribution >= 4 is 11.7 Å². The van der Waals surface area contributed by atoms with Crippen LogP contribution in [-0.4, -0.2) is 36.7 Å². The van der Waals surface area contributed by atoms with Crippen LogP contribution in [-0.2, 0) is 9.53 Å². The summed E-state index contributed by atoms with van der Waals surface area (Å²) < 4.78 is 5.30. The predicted octanol–water partition coefficient (Wildman–Crippen LogP) is 0.836. The molecule has 1 heterocycles. The number of hydrogen-bond donors (Lipinski definition) is 3. The lowest BCUT2D eigenvalue weighted by Crippen LogP contribution is -2.49. The first-order valence-corrected chi connectivity index (χ1v) is 7.03. The second kappa shape index (κ2) is 6.23. The quantitative estimate of drug-likeness (QED) is 0.305. The van der Waals surface area contributed by atoms with E-state index in [1.54, 1.807) is 0 Å². The maximum atomic E-state index is 12.4. The van der Waals surface area contributed by atoms with Crippen LogP contribution in [0.3, 0.4) is 0 Å². The Labute approximate surface area is 113 Å². The average molecular weight is 269 g/mol. The fourth-order valence-electron chi connectivity index (χ4n) is 3.03. The highest BCUT2D eigenvalue weighted by atomic mass is 16.5. The van der Waals surface area contributed by atoms with E-state index < -0.39 is 5.41 Å². The number of rotatable bonds is 4. The van der Waals surface area contributed by atoms with Gasteiger partial charge in [0.15, 0.2) is 5.84 Å². The van der Waals surface area contributed by atoms with E-state index in [4.69, 9.17) is 15.7 Å². The van der Waals surface area contributed by atoms with Gasteiger partial charge < -0.3 is 21.0 Å². The van der Waals surface area contributed by atoms with E-state index in [0.717, 1.165) is 38.9 Å². The highest BCUT2D eigenvalue weighted by molar-refractivity contribution is 6.07. The minimum atomic E-state index is -0.792. The molecule has 0 unspecified atom stereocenters. The number of amidine groups is 1. The highest BCUT2D eigenvalue weighted by Crippen LogP contribution is 2.38. The zero-order chi connectivity index (χ0) is 13.7. The molecule has 1 aliphatic heterocycles. The summed E-state index contributed by atoms with van der Waals surface area (Å²) >= 11 is 0. The van der Waals surface area contributed by atoms with Gasteiger partial charge in [-0.1, -0.05) is 18.0 Å². The molecule has 0 bridgehead atoms. The molecule has 0 aromatic rings. The molecule has 1 aliphatic carbocycles. The fraction of sp³-hybridized carbons (Fsp3) is 0.846. The van der Waals surface area contributed by atoms with E-state index in [1.807, 2.05) is 0 Å². The van der Waals surface area contributed by atoms with Gasteiger partial charge >= 0.3 is 0 Å². The van der Waals surface area contributed by atoms with Crippen LogP contribution >= 0.6 is 0 Å². The second-order valence-electron chi connectivity index (χ2n) is 5.54. The maximum absolute atomic E-state index is 12.4. The Morgan fingerprint density at radius 2 is 2.00 bits per heavy atom. The molecule has 1 amide bonds. The van der Waals surface area contributed by atoms with Crippen molar-refractivity contribution in [3.05, 3.63) is 0 Å². The molecule has 1 saturated carbocycles. The van der Waals surface area contributed by atoms with Crippen molar-refractivity contribution in [1.29, 1.82) is 0 Å². The molecule has 0 aromatic carbocycles. The molecule has 0 atom stereocenters. The number of hydrogen-bond acceptors (Lipinski definition) is 4. The zero-order valence-electron chi connectivity index (χ0n) is 11.2. The van der Waals surface area contributed by atoms with Crippen molar-refractivity contribution in [3.63, 3.8) is 0 Å². The van der Waals surface area contributed by atoms with Gasteiger partial charge in [0.2, 0.25) is 5.91 Å². The van der Waals surface area contributed by atoms with Gasteiger partial charge in [0.1, 0.15) is 5.41 Å². The van der Waals surface area contributed by atoms with Crippen molar-refractivity contribution in [3.8, 4) is 0 Å². The summed E-state index contributed by atoms with van der Waals surface area (Å²) in [6.45, 7) is 2.19. The number of carbonyl (C=O) groups excluding carboxylic acids is 1. The molecule has 6 nitrogen and oxygen atoms in total. The summed E-state index contributed by atoms with van der Waals surface area (Å²) in [5.74, 6) is 0.435. The van der Waals surface area contributed by atoms with E-state index in [0.29, 0.717) is 25.3 Å². The van der Waals surface area contributed by atoms with Crippen molar-refractivity contribution in [2.75, 3.05) is 19.8 Å². The summed E-state index contributed by atoms with van der Waals surface area (Å²) in [6.07, 6.45) is 5.19. The van der Waals surface area contributed by atoms with Crippen LogP contribution in [0.25, 0.3) is 0 Å². The molecule has 6 heteroatoms. The van der Waals surface area contributed by atoms with Crippen molar-refractivity contribution < 1.29 is 14.7 Å². The van der Waals surface area contributed by atoms with Crippen LogP contribution in [0.1, 0.15) is 38.5 Å². The number of nitrogens with two attached hydrogens (primary N) is 1. The summed E-state index contributed by atoms with van der Waals surface area (Å²) in [5, 5.41) is 14.9. The average Bonchev–Trinajstić information content (AvgIpc) is 2.96. The Kier molecular flexibility index (Phi) is 4.63. The molecule has 1 saturated heterocycles. The Bertz CT molecular complexity index is 345. The Balaban J connectivity index is 1.92. The van der Waals surface area contributed by atoms with Crippen LogP contribution in [0.5, 0.6) is 0 Å². The number of carbonyl (C=O) groups is 1. The number of oxime groups is 1.